The van der Waals surface area contributed by atoms with E-state index in [-0.39, 0.29) is 31.9 Å². The fraction of sp³-hybridized carbons (Fsp3) is 0.647. The number of carboxylic acids is 2. The summed E-state index contributed by atoms with van der Waals surface area (Å²) in [6.07, 6.45) is 1.56. The SMILES string of the molecule is CSCCC(NC(=O)C(CCCN=C(N)N)NC(=O)CN)C(=O)NC(CC(=O)O)C(=O)O. The van der Waals surface area contributed by atoms with E-state index in [1.807, 2.05) is 0 Å². The predicted molar refractivity (Wildman–Crippen MR) is 118 cm³/mol. The number of hydrogen-bond acceptors (Lipinski definition) is 8. The number of aliphatic carboxylic acids is 2. The Balaban J connectivity index is 5.35. The van der Waals surface area contributed by atoms with Gasteiger partial charge < -0.3 is 43.4 Å². The Morgan fingerprint density at radius 3 is 1.97 bits per heavy atom. The number of amides is 3. The molecule has 0 aromatic rings. The van der Waals surface area contributed by atoms with Gasteiger partial charge in [-0.15, -0.1) is 0 Å². The van der Waals surface area contributed by atoms with E-state index in [9.17, 15) is 24.0 Å². The minimum atomic E-state index is -1.67. The van der Waals surface area contributed by atoms with Gasteiger partial charge in [0.15, 0.2) is 5.96 Å². The molecule has 3 unspecified atom stereocenters. The van der Waals surface area contributed by atoms with Crippen LogP contribution in [-0.4, -0.2) is 89.1 Å². The molecule has 14 nitrogen and oxygen atoms in total. The Labute approximate surface area is 189 Å². The normalized spacial score (nSPS) is 13.2. The van der Waals surface area contributed by atoms with Crippen LogP contribution in [0.5, 0.6) is 0 Å². The number of nitrogens with zero attached hydrogens (tertiary/aromatic N) is 1. The minimum Gasteiger partial charge on any atom is -0.481 e. The van der Waals surface area contributed by atoms with Crippen LogP contribution in [0.15, 0.2) is 4.99 Å². The number of nitrogens with one attached hydrogen (secondary N) is 3. The van der Waals surface area contributed by atoms with Crippen LogP contribution in [0.3, 0.4) is 0 Å². The minimum absolute atomic E-state index is 0.125. The lowest BCUT2D eigenvalue weighted by atomic mass is 10.1. The van der Waals surface area contributed by atoms with Crippen molar-refractivity contribution >= 4 is 47.4 Å². The quantitative estimate of drug-likeness (QED) is 0.0622. The number of carboxylic acid groups (broad SMARTS) is 2. The van der Waals surface area contributed by atoms with Crippen molar-refractivity contribution < 1.29 is 34.2 Å². The van der Waals surface area contributed by atoms with Crippen molar-refractivity contribution in [3.63, 3.8) is 0 Å². The molecular formula is C17H31N7O7S. The molecule has 0 heterocycles. The number of guanidine groups is 1. The van der Waals surface area contributed by atoms with E-state index in [2.05, 4.69) is 20.9 Å². The summed E-state index contributed by atoms with van der Waals surface area (Å²) in [5.41, 5.74) is 15.8. The molecule has 0 aliphatic rings. The van der Waals surface area contributed by atoms with E-state index in [1.54, 1.807) is 6.26 Å². The Bertz CT molecular complexity index is 701. The van der Waals surface area contributed by atoms with Crippen LogP contribution in [-0.2, 0) is 24.0 Å². The van der Waals surface area contributed by atoms with E-state index in [1.165, 1.54) is 11.8 Å². The average molecular weight is 478 g/mol. The molecule has 0 saturated heterocycles. The summed E-state index contributed by atoms with van der Waals surface area (Å²) in [7, 11) is 0. The van der Waals surface area contributed by atoms with Crippen LogP contribution in [0.4, 0.5) is 0 Å². The zero-order valence-electron chi connectivity index (χ0n) is 17.7. The maximum Gasteiger partial charge on any atom is 0.326 e. The maximum absolute atomic E-state index is 12.7. The van der Waals surface area contributed by atoms with E-state index in [0.29, 0.717) is 12.2 Å². The molecule has 0 rings (SSSR count). The number of carbonyl (C=O) groups is 5. The van der Waals surface area contributed by atoms with Crippen molar-refractivity contribution in [1.29, 1.82) is 0 Å². The molecule has 32 heavy (non-hydrogen) atoms. The molecule has 3 amide bonds. The molecule has 11 N–H and O–H groups in total. The second-order valence-electron chi connectivity index (χ2n) is 6.61. The average Bonchev–Trinajstić information content (AvgIpc) is 2.71. The van der Waals surface area contributed by atoms with Gasteiger partial charge in [0.2, 0.25) is 17.7 Å². The molecule has 0 aromatic heterocycles. The highest BCUT2D eigenvalue weighted by atomic mass is 32.2. The van der Waals surface area contributed by atoms with Crippen LogP contribution in [0.2, 0.25) is 0 Å². The summed E-state index contributed by atoms with van der Waals surface area (Å²) >= 11 is 1.39. The van der Waals surface area contributed by atoms with Crippen LogP contribution in [0, 0.1) is 0 Å². The van der Waals surface area contributed by atoms with Gasteiger partial charge >= 0.3 is 11.9 Å². The number of nitrogens with two attached hydrogens (primary N) is 3. The molecule has 0 spiro atoms. The summed E-state index contributed by atoms with van der Waals surface area (Å²) in [6.45, 7) is -0.153. The first kappa shape index (κ1) is 28.9. The topological polar surface area (TPSA) is 252 Å². The third kappa shape index (κ3) is 12.6. The highest BCUT2D eigenvalue weighted by molar-refractivity contribution is 7.98. The molecule has 15 heteroatoms. The molecule has 0 bridgehead atoms. The largest absolute Gasteiger partial charge is 0.481 e. The summed E-state index contributed by atoms with van der Waals surface area (Å²) < 4.78 is 0. The number of aliphatic imine (C=N–C) groups is 1. The van der Waals surface area contributed by atoms with Gasteiger partial charge in [0.05, 0.1) is 13.0 Å². The molecule has 0 radical (unpaired) electrons. The second kappa shape index (κ2) is 15.7. The smallest absolute Gasteiger partial charge is 0.326 e. The fourth-order valence-electron chi connectivity index (χ4n) is 2.45. The van der Waals surface area contributed by atoms with Crippen LogP contribution < -0.4 is 33.2 Å². The van der Waals surface area contributed by atoms with E-state index >= 15 is 0 Å². The Morgan fingerprint density at radius 2 is 1.50 bits per heavy atom. The third-order valence-electron chi connectivity index (χ3n) is 4.02. The van der Waals surface area contributed by atoms with Gasteiger partial charge in [0.1, 0.15) is 18.1 Å². The summed E-state index contributed by atoms with van der Waals surface area (Å²) in [6, 6.07) is -3.86. The third-order valence-corrected chi connectivity index (χ3v) is 4.66. The summed E-state index contributed by atoms with van der Waals surface area (Å²) in [4.78, 5) is 62.9. The van der Waals surface area contributed by atoms with E-state index in [4.69, 9.17) is 27.4 Å². The van der Waals surface area contributed by atoms with Crippen molar-refractivity contribution in [2.45, 2.75) is 43.8 Å². The summed E-state index contributed by atoms with van der Waals surface area (Å²) in [5.74, 6) is -4.76. The molecule has 0 aliphatic carbocycles. The van der Waals surface area contributed by atoms with Crippen molar-refractivity contribution in [2.24, 2.45) is 22.2 Å². The number of carbonyl (C=O) groups excluding carboxylic acids is 3. The van der Waals surface area contributed by atoms with Crippen LogP contribution >= 0.6 is 11.8 Å². The molecule has 182 valence electrons. The first-order valence-corrected chi connectivity index (χ1v) is 11.0. The molecule has 0 aromatic carbocycles. The monoisotopic (exact) mass is 477 g/mol. The van der Waals surface area contributed by atoms with Crippen LogP contribution in [0.25, 0.3) is 0 Å². The molecular weight excluding hydrogens is 446 g/mol. The standard InChI is InChI=1S/C17H31N7O7S/c1-32-6-4-10(15(29)24-11(16(30)31)7-13(26)27)23-14(28)9(22-12(25)8-18)3-2-5-21-17(19)20/h9-11H,2-8,18H2,1H3,(H,22,25)(H,23,28)(H,24,29)(H,26,27)(H,30,31)(H4,19,20,21). The van der Waals surface area contributed by atoms with E-state index < -0.39 is 54.2 Å². The van der Waals surface area contributed by atoms with Gasteiger partial charge in [-0.1, -0.05) is 0 Å². The van der Waals surface area contributed by atoms with Gasteiger partial charge in [-0.2, -0.15) is 11.8 Å². The molecule has 0 aliphatic heterocycles. The van der Waals surface area contributed by atoms with Crippen molar-refractivity contribution in [3.05, 3.63) is 0 Å². The Kier molecular flexibility index (Phi) is 14.2. The van der Waals surface area contributed by atoms with Gasteiger partial charge in [-0.25, -0.2) is 4.79 Å². The molecule has 0 fully saturated rings. The van der Waals surface area contributed by atoms with Gasteiger partial charge in [-0.05, 0) is 31.3 Å². The van der Waals surface area contributed by atoms with E-state index in [0.717, 1.165) is 0 Å². The number of thioether (sulfide) groups is 1. The number of rotatable bonds is 16. The zero-order valence-corrected chi connectivity index (χ0v) is 18.5. The molecule has 3 atom stereocenters. The van der Waals surface area contributed by atoms with Crippen molar-refractivity contribution in [3.8, 4) is 0 Å². The van der Waals surface area contributed by atoms with Crippen molar-refractivity contribution in [2.75, 3.05) is 25.1 Å². The van der Waals surface area contributed by atoms with Gasteiger partial charge in [0, 0.05) is 6.54 Å². The van der Waals surface area contributed by atoms with Crippen LogP contribution in [0.1, 0.15) is 25.7 Å². The predicted octanol–water partition coefficient (Wildman–Crippen LogP) is -3.23. The first-order valence-electron chi connectivity index (χ1n) is 9.60. The maximum atomic E-state index is 12.7. The summed E-state index contributed by atoms with van der Waals surface area (Å²) in [5, 5.41) is 25.0. The highest BCUT2D eigenvalue weighted by Gasteiger charge is 2.30. The van der Waals surface area contributed by atoms with Gasteiger partial charge in [0.25, 0.3) is 0 Å². The van der Waals surface area contributed by atoms with Gasteiger partial charge in [-0.3, -0.25) is 24.2 Å². The highest BCUT2D eigenvalue weighted by Crippen LogP contribution is 2.05. The lowest BCUT2D eigenvalue weighted by molar-refractivity contribution is -0.147. The number of hydrogen-bond donors (Lipinski definition) is 8. The lowest BCUT2D eigenvalue weighted by Gasteiger charge is -2.24. The Hall–Kier alpha value is -3.07. The lowest BCUT2D eigenvalue weighted by Crippen LogP contribution is -2.56. The Morgan fingerprint density at radius 1 is 0.938 bits per heavy atom. The van der Waals surface area contributed by atoms with Crippen molar-refractivity contribution in [1.82, 2.24) is 16.0 Å². The molecule has 0 saturated carbocycles. The first-order chi connectivity index (χ1) is 15.0. The zero-order chi connectivity index (χ0) is 24.7. The second-order valence-corrected chi connectivity index (χ2v) is 7.60. The fourth-order valence-corrected chi connectivity index (χ4v) is 2.92.